The van der Waals surface area contributed by atoms with Gasteiger partial charge in [0.25, 0.3) is 0 Å². The number of nitrogens with zero attached hydrogens (tertiary/aromatic N) is 1. The van der Waals surface area contributed by atoms with Crippen LogP contribution in [0.2, 0.25) is 0 Å². The van der Waals surface area contributed by atoms with Crippen molar-refractivity contribution in [2.75, 3.05) is 5.32 Å². The molecule has 2 rings (SSSR count). The number of carbonyl (C=O) groups is 1. The maximum atomic E-state index is 10.7. The lowest BCUT2D eigenvalue weighted by Crippen LogP contribution is -1.95. The Labute approximate surface area is 112 Å². The molecule has 1 aromatic carbocycles. The molecule has 0 aliphatic carbocycles. The summed E-state index contributed by atoms with van der Waals surface area (Å²) in [6.07, 6.45) is 2.70. The van der Waals surface area contributed by atoms with E-state index in [1.807, 2.05) is 31.2 Å². The van der Waals surface area contributed by atoms with Gasteiger partial charge in [0.15, 0.2) is 5.13 Å². The lowest BCUT2D eigenvalue weighted by molar-refractivity contribution is -0.108. The third kappa shape index (κ3) is 3.14. The molecule has 0 aliphatic heterocycles. The van der Waals surface area contributed by atoms with Gasteiger partial charge in [0, 0.05) is 11.6 Å². The number of thiazole rings is 1. The van der Waals surface area contributed by atoms with Gasteiger partial charge in [0.1, 0.15) is 6.29 Å². The molecule has 3 nitrogen and oxygen atoms in total. The van der Waals surface area contributed by atoms with Gasteiger partial charge >= 0.3 is 0 Å². The Hall–Kier alpha value is -1.20. The lowest BCUT2D eigenvalue weighted by Gasteiger charge is -2.06. The fraction of sp³-hybridized carbons (Fsp3) is 0.167. The summed E-state index contributed by atoms with van der Waals surface area (Å²) in [6, 6.07) is 7.80. The highest BCUT2D eigenvalue weighted by Crippen LogP contribution is 2.26. The molecule has 1 unspecified atom stereocenters. The summed E-state index contributed by atoms with van der Waals surface area (Å²) >= 11 is 4.90. The first-order chi connectivity index (χ1) is 8.19. The smallest absolute Gasteiger partial charge is 0.188 e. The van der Waals surface area contributed by atoms with E-state index in [4.69, 9.17) is 0 Å². The van der Waals surface area contributed by atoms with Crippen LogP contribution in [0.15, 0.2) is 34.2 Å². The molecule has 5 heteroatoms. The van der Waals surface area contributed by atoms with Crippen molar-refractivity contribution in [3.8, 4) is 0 Å². The van der Waals surface area contributed by atoms with Gasteiger partial charge in [0.05, 0.1) is 9.98 Å². The zero-order valence-corrected chi connectivity index (χ0v) is 11.6. The van der Waals surface area contributed by atoms with Gasteiger partial charge in [-0.05, 0) is 33.6 Å². The minimum atomic E-state index is -0.0574. The van der Waals surface area contributed by atoms with Gasteiger partial charge < -0.3 is 10.1 Å². The molecule has 1 heterocycles. The zero-order chi connectivity index (χ0) is 12.3. The number of anilines is 2. The second-order valence-corrected chi connectivity index (χ2v) is 6.05. The van der Waals surface area contributed by atoms with Crippen molar-refractivity contribution in [1.29, 1.82) is 0 Å². The van der Waals surface area contributed by atoms with Gasteiger partial charge in [-0.3, -0.25) is 0 Å². The highest BCUT2D eigenvalue weighted by Gasteiger charge is 2.04. The van der Waals surface area contributed by atoms with Crippen molar-refractivity contribution in [1.82, 2.24) is 4.98 Å². The molecule has 0 saturated carbocycles. The van der Waals surface area contributed by atoms with Crippen molar-refractivity contribution < 1.29 is 4.79 Å². The lowest BCUT2D eigenvalue weighted by atomic mass is 10.0. The molecule has 0 fully saturated rings. The first-order valence-electron chi connectivity index (χ1n) is 5.12. The van der Waals surface area contributed by atoms with E-state index in [9.17, 15) is 4.79 Å². The second kappa shape index (κ2) is 5.42. The average molecular weight is 311 g/mol. The number of nitrogens with one attached hydrogen (secondary N) is 1. The molecule has 2 aromatic rings. The number of hydrogen-bond donors (Lipinski definition) is 1. The molecule has 1 aromatic heterocycles. The van der Waals surface area contributed by atoms with Crippen molar-refractivity contribution in [2.24, 2.45) is 0 Å². The fourth-order valence-electron chi connectivity index (χ4n) is 1.38. The summed E-state index contributed by atoms with van der Waals surface area (Å²) in [7, 11) is 0. The van der Waals surface area contributed by atoms with Crippen molar-refractivity contribution in [2.45, 2.75) is 12.8 Å². The van der Waals surface area contributed by atoms with Gasteiger partial charge in [-0.15, -0.1) is 0 Å². The van der Waals surface area contributed by atoms with Crippen LogP contribution in [0.3, 0.4) is 0 Å². The third-order valence-corrected chi connectivity index (χ3v) is 3.76. The highest BCUT2D eigenvalue weighted by atomic mass is 79.9. The minimum absolute atomic E-state index is 0.0574. The molecule has 0 saturated heterocycles. The van der Waals surface area contributed by atoms with Crippen molar-refractivity contribution >= 4 is 44.4 Å². The zero-order valence-electron chi connectivity index (χ0n) is 9.18. The average Bonchev–Trinajstić information content (AvgIpc) is 2.75. The van der Waals surface area contributed by atoms with Crippen LogP contribution in [0.5, 0.6) is 0 Å². The third-order valence-electron chi connectivity index (χ3n) is 2.37. The molecule has 0 spiro atoms. The topological polar surface area (TPSA) is 42.0 Å². The first-order valence-corrected chi connectivity index (χ1v) is 6.73. The molecule has 1 atom stereocenters. The molecular weight excluding hydrogens is 300 g/mol. The Morgan fingerprint density at radius 2 is 2.12 bits per heavy atom. The van der Waals surface area contributed by atoms with Crippen LogP contribution in [-0.2, 0) is 4.79 Å². The Bertz CT molecular complexity index is 509. The number of benzene rings is 1. The summed E-state index contributed by atoms with van der Waals surface area (Å²) in [6.45, 7) is 1.88. The normalized spacial score (nSPS) is 12.1. The van der Waals surface area contributed by atoms with E-state index in [1.165, 1.54) is 11.3 Å². The quantitative estimate of drug-likeness (QED) is 0.869. The van der Waals surface area contributed by atoms with Crippen molar-refractivity contribution in [3.63, 3.8) is 0 Å². The predicted molar refractivity (Wildman–Crippen MR) is 74.0 cm³/mol. The Morgan fingerprint density at radius 1 is 1.41 bits per heavy atom. The Morgan fingerprint density at radius 3 is 2.65 bits per heavy atom. The van der Waals surface area contributed by atoms with E-state index >= 15 is 0 Å². The fourth-order valence-corrected chi connectivity index (χ4v) is 2.51. The van der Waals surface area contributed by atoms with Gasteiger partial charge in [-0.2, -0.15) is 0 Å². The number of aromatic nitrogens is 1. The van der Waals surface area contributed by atoms with E-state index in [1.54, 1.807) is 6.20 Å². The molecular formula is C12H11BrN2OS. The van der Waals surface area contributed by atoms with Crippen LogP contribution in [-0.4, -0.2) is 11.3 Å². The summed E-state index contributed by atoms with van der Waals surface area (Å²) in [5.41, 5.74) is 1.99. The van der Waals surface area contributed by atoms with Gasteiger partial charge in [-0.1, -0.05) is 30.4 Å². The van der Waals surface area contributed by atoms with Gasteiger partial charge in [0.2, 0.25) is 0 Å². The largest absolute Gasteiger partial charge is 0.332 e. The van der Waals surface area contributed by atoms with E-state index in [-0.39, 0.29) is 5.92 Å². The molecule has 0 radical (unpaired) electrons. The minimum Gasteiger partial charge on any atom is -0.332 e. The second-order valence-electron chi connectivity index (χ2n) is 3.64. The maximum Gasteiger partial charge on any atom is 0.188 e. The Balaban J connectivity index is 2.10. The van der Waals surface area contributed by atoms with Gasteiger partial charge in [-0.25, -0.2) is 4.98 Å². The van der Waals surface area contributed by atoms with Crippen LogP contribution in [0, 0.1) is 0 Å². The molecule has 1 N–H and O–H groups in total. The molecule has 17 heavy (non-hydrogen) atoms. The van der Waals surface area contributed by atoms with Crippen molar-refractivity contribution in [3.05, 3.63) is 39.8 Å². The van der Waals surface area contributed by atoms with E-state index in [0.717, 1.165) is 26.5 Å². The molecule has 88 valence electrons. The van der Waals surface area contributed by atoms with E-state index in [0.29, 0.717) is 0 Å². The Kier molecular flexibility index (Phi) is 3.91. The van der Waals surface area contributed by atoms with Crippen LogP contribution in [0.25, 0.3) is 0 Å². The summed E-state index contributed by atoms with van der Waals surface area (Å²) in [5.74, 6) is -0.0574. The number of halogens is 1. The maximum absolute atomic E-state index is 10.7. The monoisotopic (exact) mass is 310 g/mol. The summed E-state index contributed by atoms with van der Waals surface area (Å²) in [5, 5.41) is 4.04. The SMILES string of the molecule is CC(C=O)c1ccc(Nc2ncc(Br)s2)cc1. The van der Waals surface area contributed by atoms with E-state index < -0.39 is 0 Å². The molecule has 0 aliphatic rings. The van der Waals surface area contributed by atoms with Crippen LogP contribution in [0.1, 0.15) is 18.4 Å². The predicted octanol–water partition coefficient (Wildman–Crippen LogP) is 3.95. The highest BCUT2D eigenvalue weighted by molar-refractivity contribution is 9.11. The van der Waals surface area contributed by atoms with Crippen LogP contribution < -0.4 is 5.32 Å². The summed E-state index contributed by atoms with van der Waals surface area (Å²) in [4.78, 5) is 14.8. The number of aldehydes is 1. The standard InChI is InChI=1S/C12H11BrN2OS/c1-8(7-16)9-2-4-10(5-3-9)15-12-14-6-11(13)17-12/h2-8H,1H3,(H,14,15). The first kappa shape index (κ1) is 12.3. The van der Waals surface area contributed by atoms with Crippen LogP contribution in [0.4, 0.5) is 10.8 Å². The van der Waals surface area contributed by atoms with E-state index in [2.05, 4.69) is 26.2 Å². The number of hydrogen-bond acceptors (Lipinski definition) is 4. The molecule has 0 bridgehead atoms. The summed E-state index contributed by atoms with van der Waals surface area (Å²) < 4.78 is 0.992. The number of carbonyl (C=O) groups excluding carboxylic acids is 1. The molecule has 0 amide bonds. The number of rotatable bonds is 4. The van der Waals surface area contributed by atoms with Crippen LogP contribution >= 0.6 is 27.3 Å².